The van der Waals surface area contributed by atoms with E-state index in [0.717, 1.165) is 33.0 Å². The first kappa shape index (κ1) is 13.5. The molecular formula is C20H14O3. The predicted molar refractivity (Wildman–Crippen MR) is 91.3 cm³/mol. The fraction of sp³-hybridized carbons (Fsp3) is 0. The third-order valence-electron chi connectivity index (χ3n) is 3.83. The highest BCUT2D eigenvalue weighted by Gasteiger charge is 2.03. The lowest BCUT2D eigenvalue weighted by Gasteiger charge is -2.08. The topological polar surface area (TPSA) is 49.7 Å². The summed E-state index contributed by atoms with van der Waals surface area (Å²) >= 11 is 0. The number of benzene rings is 4. The minimum Gasteiger partial charge on any atom is -0.508 e. The molecule has 0 heterocycles. The van der Waals surface area contributed by atoms with Crippen molar-refractivity contribution >= 4 is 21.5 Å². The van der Waals surface area contributed by atoms with Crippen LogP contribution >= 0.6 is 0 Å². The third-order valence-corrected chi connectivity index (χ3v) is 3.83. The minimum atomic E-state index is 0.254. The van der Waals surface area contributed by atoms with Crippen LogP contribution < -0.4 is 4.74 Å². The second-order valence-electron chi connectivity index (χ2n) is 5.49. The van der Waals surface area contributed by atoms with Crippen LogP contribution in [-0.2, 0) is 0 Å². The van der Waals surface area contributed by atoms with E-state index in [1.165, 1.54) is 0 Å². The molecule has 0 saturated carbocycles. The number of phenols is 2. The predicted octanol–water partition coefficient (Wildman–Crippen LogP) is 5.20. The molecule has 3 heteroatoms. The molecule has 0 fully saturated rings. The molecule has 0 saturated heterocycles. The standard InChI is InChI=1S/C20H14O3/c21-17-5-1-15-11-19(7-3-13(15)9-17)23-20-8-4-14-10-18(22)6-2-16(14)12-20/h1-12,21-22H. The highest BCUT2D eigenvalue weighted by molar-refractivity contribution is 5.86. The Kier molecular flexibility index (Phi) is 3.05. The lowest BCUT2D eigenvalue weighted by molar-refractivity contribution is 0.475. The first-order valence-corrected chi connectivity index (χ1v) is 7.31. The van der Waals surface area contributed by atoms with Gasteiger partial charge in [-0.15, -0.1) is 0 Å². The maximum atomic E-state index is 9.51. The van der Waals surface area contributed by atoms with Crippen LogP contribution in [0.2, 0.25) is 0 Å². The van der Waals surface area contributed by atoms with E-state index >= 15 is 0 Å². The Hall–Kier alpha value is -3.20. The summed E-state index contributed by atoms with van der Waals surface area (Å²) in [7, 11) is 0. The van der Waals surface area contributed by atoms with Gasteiger partial charge in [0.15, 0.2) is 0 Å². The van der Waals surface area contributed by atoms with Gasteiger partial charge < -0.3 is 14.9 Å². The lowest BCUT2D eigenvalue weighted by atomic mass is 10.1. The highest BCUT2D eigenvalue weighted by atomic mass is 16.5. The van der Waals surface area contributed by atoms with E-state index in [0.29, 0.717) is 0 Å². The van der Waals surface area contributed by atoms with Gasteiger partial charge in [0.2, 0.25) is 0 Å². The van der Waals surface area contributed by atoms with E-state index in [1.54, 1.807) is 24.3 Å². The Morgan fingerprint density at radius 1 is 0.478 bits per heavy atom. The molecule has 4 aromatic rings. The van der Waals surface area contributed by atoms with Gasteiger partial charge in [-0.1, -0.05) is 24.3 Å². The molecule has 4 aromatic carbocycles. The van der Waals surface area contributed by atoms with Crippen molar-refractivity contribution in [3.63, 3.8) is 0 Å². The molecule has 4 rings (SSSR count). The Balaban J connectivity index is 1.69. The summed E-state index contributed by atoms with van der Waals surface area (Å²) in [5.41, 5.74) is 0. The van der Waals surface area contributed by atoms with Gasteiger partial charge in [0, 0.05) is 0 Å². The second kappa shape index (κ2) is 5.21. The number of ether oxygens (including phenoxy) is 1. The molecule has 0 aliphatic carbocycles. The summed E-state index contributed by atoms with van der Waals surface area (Å²) in [4.78, 5) is 0. The van der Waals surface area contributed by atoms with Gasteiger partial charge in [-0.25, -0.2) is 0 Å². The Labute approximate surface area is 133 Å². The number of fused-ring (bicyclic) bond motifs is 2. The van der Waals surface area contributed by atoms with Crippen LogP contribution in [0.3, 0.4) is 0 Å². The van der Waals surface area contributed by atoms with Gasteiger partial charge in [-0.3, -0.25) is 0 Å². The molecule has 0 atom stereocenters. The first-order valence-electron chi connectivity index (χ1n) is 7.31. The molecule has 0 spiro atoms. The summed E-state index contributed by atoms with van der Waals surface area (Å²) in [6, 6.07) is 22.0. The van der Waals surface area contributed by atoms with Gasteiger partial charge in [-0.2, -0.15) is 0 Å². The monoisotopic (exact) mass is 302 g/mol. The van der Waals surface area contributed by atoms with Crippen LogP contribution in [0, 0.1) is 0 Å². The van der Waals surface area contributed by atoms with E-state index in [2.05, 4.69) is 0 Å². The highest BCUT2D eigenvalue weighted by Crippen LogP contribution is 2.30. The number of aromatic hydroxyl groups is 2. The SMILES string of the molecule is Oc1ccc2cc(Oc3ccc4cc(O)ccc4c3)ccc2c1. The summed E-state index contributed by atoms with van der Waals surface area (Å²) in [6.07, 6.45) is 0. The average molecular weight is 302 g/mol. The van der Waals surface area contributed by atoms with Gasteiger partial charge in [-0.05, 0) is 70.1 Å². The smallest absolute Gasteiger partial charge is 0.128 e. The molecule has 3 nitrogen and oxygen atoms in total. The van der Waals surface area contributed by atoms with Crippen molar-refractivity contribution in [2.75, 3.05) is 0 Å². The van der Waals surface area contributed by atoms with E-state index in [1.807, 2.05) is 48.5 Å². The third kappa shape index (κ3) is 2.64. The van der Waals surface area contributed by atoms with Crippen molar-refractivity contribution in [1.29, 1.82) is 0 Å². The van der Waals surface area contributed by atoms with Crippen molar-refractivity contribution in [2.24, 2.45) is 0 Å². The summed E-state index contributed by atoms with van der Waals surface area (Å²) in [5, 5.41) is 23.0. The quantitative estimate of drug-likeness (QED) is 0.535. The Bertz CT molecular complexity index is 938. The van der Waals surface area contributed by atoms with Crippen LogP contribution in [0.4, 0.5) is 0 Å². The Morgan fingerprint density at radius 2 is 0.870 bits per heavy atom. The Morgan fingerprint density at radius 3 is 1.35 bits per heavy atom. The number of hydrogen-bond donors (Lipinski definition) is 2. The molecule has 0 aliphatic heterocycles. The van der Waals surface area contributed by atoms with Crippen molar-refractivity contribution < 1.29 is 14.9 Å². The van der Waals surface area contributed by atoms with Crippen LogP contribution in [0.5, 0.6) is 23.0 Å². The van der Waals surface area contributed by atoms with Gasteiger partial charge in [0.1, 0.15) is 23.0 Å². The molecule has 0 aliphatic rings. The molecular weight excluding hydrogens is 288 g/mol. The maximum absolute atomic E-state index is 9.51. The minimum absolute atomic E-state index is 0.254. The largest absolute Gasteiger partial charge is 0.508 e. The van der Waals surface area contributed by atoms with E-state index < -0.39 is 0 Å². The van der Waals surface area contributed by atoms with Crippen LogP contribution in [0.15, 0.2) is 72.8 Å². The molecule has 2 N–H and O–H groups in total. The zero-order chi connectivity index (χ0) is 15.8. The molecule has 0 unspecified atom stereocenters. The molecule has 23 heavy (non-hydrogen) atoms. The van der Waals surface area contributed by atoms with E-state index in [9.17, 15) is 10.2 Å². The lowest BCUT2D eigenvalue weighted by Crippen LogP contribution is -1.85. The van der Waals surface area contributed by atoms with E-state index in [4.69, 9.17) is 4.74 Å². The fourth-order valence-electron chi connectivity index (χ4n) is 2.69. The van der Waals surface area contributed by atoms with Crippen molar-refractivity contribution in [3.8, 4) is 23.0 Å². The van der Waals surface area contributed by atoms with Gasteiger partial charge in [0.05, 0.1) is 0 Å². The van der Waals surface area contributed by atoms with Gasteiger partial charge in [0.25, 0.3) is 0 Å². The number of hydrogen-bond acceptors (Lipinski definition) is 3. The average Bonchev–Trinajstić information content (AvgIpc) is 2.55. The van der Waals surface area contributed by atoms with Crippen molar-refractivity contribution in [1.82, 2.24) is 0 Å². The van der Waals surface area contributed by atoms with E-state index in [-0.39, 0.29) is 11.5 Å². The van der Waals surface area contributed by atoms with Gasteiger partial charge >= 0.3 is 0 Å². The molecule has 112 valence electrons. The number of phenolic OH excluding ortho intramolecular Hbond substituents is 2. The zero-order valence-corrected chi connectivity index (χ0v) is 12.2. The zero-order valence-electron chi connectivity index (χ0n) is 12.2. The number of rotatable bonds is 2. The normalized spacial score (nSPS) is 11.0. The second-order valence-corrected chi connectivity index (χ2v) is 5.49. The van der Waals surface area contributed by atoms with Crippen LogP contribution in [0.1, 0.15) is 0 Å². The summed E-state index contributed by atoms with van der Waals surface area (Å²) < 4.78 is 5.93. The van der Waals surface area contributed by atoms with Crippen molar-refractivity contribution in [3.05, 3.63) is 72.8 Å². The van der Waals surface area contributed by atoms with Crippen molar-refractivity contribution in [2.45, 2.75) is 0 Å². The first-order chi connectivity index (χ1) is 11.2. The van der Waals surface area contributed by atoms with Crippen LogP contribution in [-0.4, -0.2) is 10.2 Å². The molecule has 0 amide bonds. The molecule has 0 radical (unpaired) electrons. The summed E-state index contributed by atoms with van der Waals surface area (Å²) in [6.45, 7) is 0. The summed E-state index contributed by atoms with van der Waals surface area (Å²) in [5.74, 6) is 1.98. The van der Waals surface area contributed by atoms with Crippen LogP contribution in [0.25, 0.3) is 21.5 Å². The molecule has 0 aromatic heterocycles. The fourth-order valence-corrected chi connectivity index (χ4v) is 2.69. The molecule has 0 bridgehead atoms. The maximum Gasteiger partial charge on any atom is 0.128 e.